The van der Waals surface area contributed by atoms with Crippen LogP contribution in [0.25, 0.3) is 0 Å². The number of halogens is 2. The Bertz CT molecular complexity index is 147. The van der Waals surface area contributed by atoms with E-state index in [4.69, 9.17) is 0 Å². The van der Waals surface area contributed by atoms with E-state index in [9.17, 15) is 8.78 Å². The van der Waals surface area contributed by atoms with Crippen LogP contribution in [-0.4, -0.2) is 43.5 Å². The van der Waals surface area contributed by atoms with E-state index in [0.29, 0.717) is 6.54 Å². The third-order valence-corrected chi connectivity index (χ3v) is 2.21. The zero-order valence-electron chi connectivity index (χ0n) is 8.15. The molecule has 0 unspecified atom stereocenters. The molecule has 0 amide bonds. The molecule has 0 radical (unpaired) electrons. The molecule has 0 aromatic rings. The summed E-state index contributed by atoms with van der Waals surface area (Å²) in [6.07, 6.45) is 1.97. The predicted octanol–water partition coefficient (Wildman–Crippen LogP) is 1.33. The standard InChI is InChI=1S/C9H18F2N2/c1-2-4-12-7-9(10,11)8-13-5-3-6-13/h12H,2-8H2,1H3. The lowest BCUT2D eigenvalue weighted by Gasteiger charge is -2.33. The number of nitrogens with one attached hydrogen (secondary N) is 1. The van der Waals surface area contributed by atoms with Gasteiger partial charge in [0, 0.05) is 0 Å². The molecule has 1 heterocycles. The first-order valence-electron chi connectivity index (χ1n) is 4.95. The van der Waals surface area contributed by atoms with Gasteiger partial charge in [0.25, 0.3) is 5.92 Å². The molecule has 0 aliphatic carbocycles. The van der Waals surface area contributed by atoms with E-state index >= 15 is 0 Å². The van der Waals surface area contributed by atoms with Crippen molar-refractivity contribution in [1.29, 1.82) is 0 Å². The Morgan fingerprint density at radius 3 is 2.54 bits per heavy atom. The second-order valence-corrected chi connectivity index (χ2v) is 3.66. The molecule has 78 valence electrons. The Morgan fingerprint density at radius 1 is 1.38 bits per heavy atom. The fraction of sp³-hybridized carbons (Fsp3) is 1.00. The van der Waals surface area contributed by atoms with Gasteiger partial charge in [0.1, 0.15) is 0 Å². The first kappa shape index (κ1) is 10.9. The van der Waals surface area contributed by atoms with E-state index in [-0.39, 0.29) is 13.1 Å². The third-order valence-electron chi connectivity index (χ3n) is 2.21. The number of alkyl halides is 2. The Hall–Kier alpha value is -0.220. The number of hydrogen-bond donors (Lipinski definition) is 1. The normalized spacial score (nSPS) is 18.7. The number of likely N-dealkylation sites (tertiary alicyclic amines) is 1. The Labute approximate surface area is 78.3 Å². The molecule has 0 saturated carbocycles. The Balaban J connectivity index is 2.11. The maximum Gasteiger partial charge on any atom is 0.272 e. The molecule has 1 aliphatic rings. The van der Waals surface area contributed by atoms with Crippen LogP contribution in [0, 0.1) is 0 Å². The smallest absolute Gasteiger partial charge is 0.272 e. The SMILES string of the molecule is CCCNCC(F)(F)CN1CCC1. The van der Waals surface area contributed by atoms with Crippen molar-refractivity contribution < 1.29 is 8.78 Å². The van der Waals surface area contributed by atoms with Gasteiger partial charge in [-0.1, -0.05) is 6.92 Å². The van der Waals surface area contributed by atoms with Crippen molar-refractivity contribution in [3.63, 3.8) is 0 Å². The summed E-state index contributed by atoms with van der Waals surface area (Å²) in [5.41, 5.74) is 0. The Morgan fingerprint density at radius 2 is 2.08 bits per heavy atom. The van der Waals surface area contributed by atoms with Crippen LogP contribution in [0.3, 0.4) is 0 Å². The lowest BCUT2D eigenvalue weighted by molar-refractivity contribution is -0.0441. The number of rotatable bonds is 6. The van der Waals surface area contributed by atoms with Gasteiger partial charge in [-0.3, -0.25) is 4.90 Å². The highest BCUT2D eigenvalue weighted by atomic mass is 19.3. The van der Waals surface area contributed by atoms with Crippen molar-refractivity contribution in [1.82, 2.24) is 10.2 Å². The zero-order valence-corrected chi connectivity index (χ0v) is 8.15. The highest BCUT2D eigenvalue weighted by Crippen LogP contribution is 2.17. The molecule has 0 aromatic carbocycles. The Kier molecular flexibility index (Phi) is 4.06. The molecule has 0 atom stereocenters. The van der Waals surface area contributed by atoms with Gasteiger partial charge in [0.15, 0.2) is 0 Å². The van der Waals surface area contributed by atoms with Crippen molar-refractivity contribution in [2.24, 2.45) is 0 Å². The molecule has 1 saturated heterocycles. The first-order chi connectivity index (χ1) is 6.14. The van der Waals surface area contributed by atoms with Gasteiger partial charge in [0.05, 0.1) is 13.1 Å². The van der Waals surface area contributed by atoms with Gasteiger partial charge >= 0.3 is 0 Å². The van der Waals surface area contributed by atoms with E-state index < -0.39 is 5.92 Å². The monoisotopic (exact) mass is 192 g/mol. The average molecular weight is 192 g/mol. The topological polar surface area (TPSA) is 15.3 Å². The summed E-state index contributed by atoms with van der Waals surface area (Å²) in [4.78, 5) is 1.80. The van der Waals surface area contributed by atoms with Crippen LogP contribution in [0.4, 0.5) is 8.78 Å². The summed E-state index contributed by atoms with van der Waals surface area (Å²) in [7, 11) is 0. The molecule has 1 fully saturated rings. The summed E-state index contributed by atoms with van der Waals surface area (Å²) < 4.78 is 26.2. The van der Waals surface area contributed by atoms with E-state index in [1.807, 2.05) is 6.92 Å². The third kappa shape index (κ3) is 4.00. The summed E-state index contributed by atoms with van der Waals surface area (Å²) in [6.45, 7) is 4.06. The predicted molar refractivity (Wildman–Crippen MR) is 49.2 cm³/mol. The molecule has 1 N–H and O–H groups in total. The van der Waals surface area contributed by atoms with Gasteiger partial charge in [0.2, 0.25) is 0 Å². The van der Waals surface area contributed by atoms with Crippen LogP contribution >= 0.6 is 0 Å². The fourth-order valence-corrected chi connectivity index (χ4v) is 1.37. The van der Waals surface area contributed by atoms with Gasteiger partial charge in [-0.15, -0.1) is 0 Å². The summed E-state index contributed by atoms with van der Waals surface area (Å²) in [5, 5.41) is 2.75. The summed E-state index contributed by atoms with van der Waals surface area (Å²) >= 11 is 0. The van der Waals surface area contributed by atoms with Gasteiger partial charge in [-0.05, 0) is 32.5 Å². The van der Waals surface area contributed by atoms with Gasteiger partial charge in [-0.25, -0.2) is 8.78 Å². The lowest BCUT2D eigenvalue weighted by Crippen LogP contribution is -2.48. The van der Waals surface area contributed by atoms with E-state index in [0.717, 1.165) is 25.9 Å². The van der Waals surface area contributed by atoms with Gasteiger partial charge < -0.3 is 5.32 Å². The molecule has 0 bridgehead atoms. The summed E-state index contributed by atoms with van der Waals surface area (Å²) in [6, 6.07) is 0. The molecular weight excluding hydrogens is 174 g/mol. The van der Waals surface area contributed by atoms with Crippen molar-refractivity contribution in [3.05, 3.63) is 0 Å². The first-order valence-corrected chi connectivity index (χ1v) is 4.95. The van der Waals surface area contributed by atoms with E-state index in [1.54, 1.807) is 4.90 Å². The molecule has 1 rings (SSSR count). The minimum absolute atomic E-state index is 0.0796. The van der Waals surface area contributed by atoms with Crippen LogP contribution in [0.5, 0.6) is 0 Å². The molecule has 0 spiro atoms. The largest absolute Gasteiger partial charge is 0.311 e. The molecular formula is C9H18F2N2. The fourth-order valence-electron chi connectivity index (χ4n) is 1.37. The molecule has 13 heavy (non-hydrogen) atoms. The van der Waals surface area contributed by atoms with Crippen LogP contribution in [-0.2, 0) is 0 Å². The van der Waals surface area contributed by atoms with Crippen LogP contribution in [0.1, 0.15) is 19.8 Å². The van der Waals surface area contributed by atoms with Crippen molar-refractivity contribution >= 4 is 0 Å². The molecule has 4 heteroatoms. The van der Waals surface area contributed by atoms with Crippen LogP contribution in [0.15, 0.2) is 0 Å². The van der Waals surface area contributed by atoms with Gasteiger partial charge in [-0.2, -0.15) is 0 Å². The maximum absolute atomic E-state index is 13.1. The second kappa shape index (κ2) is 4.86. The zero-order chi connectivity index (χ0) is 9.73. The van der Waals surface area contributed by atoms with Crippen molar-refractivity contribution in [2.45, 2.75) is 25.7 Å². The van der Waals surface area contributed by atoms with Crippen LogP contribution < -0.4 is 5.32 Å². The highest BCUT2D eigenvalue weighted by Gasteiger charge is 2.32. The minimum atomic E-state index is -2.56. The lowest BCUT2D eigenvalue weighted by atomic mass is 10.2. The number of nitrogens with zero attached hydrogens (tertiary/aromatic N) is 1. The minimum Gasteiger partial charge on any atom is -0.311 e. The summed E-state index contributed by atoms with van der Waals surface area (Å²) in [5.74, 6) is -2.56. The van der Waals surface area contributed by atoms with E-state index in [1.165, 1.54) is 0 Å². The van der Waals surface area contributed by atoms with Crippen molar-refractivity contribution in [3.8, 4) is 0 Å². The van der Waals surface area contributed by atoms with Crippen LogP contribution in [0.2, 0.25) is 0 Å². The highest BCUT2D eigenvalue weighted by molar-refractivity contribution is 4.79. The molecule has 1 aliphatic heterocycles. The quantitative estimate of drug-likeness (QED) is 0.639. The second-order valence-electron chi connectivity index (χ2n) is 3.66. The number of hydrogen-bond acceptors (Lipinski definition) is 2. The van der Waals surface area contributed by atoms with Crippen molar-refractivity contribution in [2.75, 3.05) is 32.7 Å². The average Bonchev–Trinajstić information content (AvgIpc) is 1.98. The molecule has 2 nitrogen and oxygen atoms in total. The maximum atomic E-state index is 13.1. The molecule has 0 aromatic heterocycles. The van der Waals surface area contributed by atoms with E-state index in [2.05, 4.69) is 5.32 Å².